The largest absolute Gasteiger partial charge is 0.325 e. The van der Waals surface area contributed by atoms with Crippen molar-refractivity contribution in [1.82, 2.24) is 9.88 Å². The number of hydrogen-bond acceptors (Lipinski definition) is 2. The lowest BCUT2D eigenvalue weighted by Gasteiger charge is -2.44. The van der Waals surface area contributed by atoms with Crippen molar-refractivity contribution in [2.45, 2.75) is 25.8 Å². The van der Waals surface area contributed by atoms with Crippen molar-refractivity contribution < 1.29 is 4.79 Å². The lowest BCUT2D eigenvalue weighted by molar-refractivity contribution is 0.140. The van der Waals surface area contributed by atoms with E-state index in [4.69, 9.17) is 0 Å². The van der Waals surface area contributed by atoms with Crippen LogP contribution in [0.15, 0.2) is 48.7 Å². The van der Waals surface area contributed by atoms with Crippen LogP contribution in [-0.2, 0) is 0 Å². The van der Waals surface area contributed by atoms with Gasteiger partial charge in [-0.05, 0) is 38.0 Å². The van der Waals surface area contributed by atoms with E-state index < -0.39 is 0 Å². The van der Waals surface area contributed by atoms with E-state index in [1.807, 2.05) is 43.6 Å². The average molecular weight is 295 g/mol. The number of rotatable bonds is 2. The van der Waals surface area contributed by atoms with E-state index in [1.165, 1.54) is 0 Å². The summed E-state index contributed by atoms with van der Waals surface area (Å²) in [5.74, 6) is 0.715. The fourth-order valence-electron chi connectivity index (χ4n) is 2.65. The van der Waals surface area contributed by atoms with Crippen molar-refractivity contribution in [3.8, 4) is 11.1 Å². The molecule has 0 unspecified atom stereocenters. The lowest BCUT2D eigenvalue weighted by atomic mass is 9.96. The maximum Gasteiger partial charge on any atom is 0.325 e. The van der Waals surface area contributed by atoms with E-state index >= 15 is 0 Å². The highest BCUT2D eigenvalue weighted by molar-refractivity contribution is 5.92. The quantitative estimate of drug-likeness (QED) is 0.845. The van der Waals surface area contributed by atoms with Crippen LogP contribution in [0.25, 0.3) is 11.1 Å². The summed E-state index contributed by atoms with van der Waals surface area (Å²) in [5, 5.41) is 0. The molecule has 2 aromatic rings. The molecular weight excluding hydrogens is 274 g/mol. The molecule has 4 nitrogen and oxygen atoms in total. The summed E-state index contributed by atoms with van der Waals surface area (Å²) in [7, 11) is 1.85. The van der Waals surface area contributed by atoms with Crippen LogP contribution in [0, 0.1) is 0 Å². The molecule has 22 heavy (non-hydrogen) atoms. The Morgan fingerprint density at radius 2 is 1.77 bits per heavy atom. The summed E-state index contributed by atoms with van der Waals surface area (Å²) in [6, 6.07) is 14.1. The molecule has 1 aliphatic heterocycles. The molecule has 0 radical (unpaired) electrons. The number of aromatic nitrogens is 1. The second kappa shape index (κ2) is 5.44. The van der Waals surface area contributed by atoms with Gasteiger partial charge in [-0.15, -0.1) is 0 Å². The van der Waals surface area contributed by atoms with Gasteiger partial charge in [0.15, 0.2) is 0 Å². The van der Waals surface area contributed by atoms with Gasteiger partial charge in [0.1, 0.15) is 5.82 Å². The molecule has 1 fully saturated rings. The van der Waals surface area contributed by atoms with Crippen molar-refractivity contribution in [3.63, 3.8) is 0 Å². The first kappa shape index (κ1) is 14.6. The lowest BCUT2D eigenvalue weighted by Crippen LogP contribution is -2.57. The van der Waals surface area contributed by atoms with Crippen LogP contribution in [0.1, 0.15) is 20.3 Å². The van der Waals surface area contributed by atoms with Crippen LogP contribution in [0.5, 0.6) is 0 Å². The Balaban J connectivity index is 1.83. The summed E-state index contributed by atoms with van der Waals surface area (Å²) in [4.78, 5) is 20.5. The highest BCUT2D eigenvalue weighted by Gasteiger charge is 2.37. The highest BCUT2D eigenvalue weighted by atomic mass is 16.2. The van der Waals surface area contributed by atoms with Gasteiger partial charge in [-0.2, -0.15) is 0 Å². The average Bonchev–Trinajstić information content (AvgIpc) is 2.54. The van der Waals surface area contributed by atoms with Gasteiger partial charge < -0.3 is 4.90 Å². The zero-order valence-corrected chi connectivity index (χ0v) is 13.3. The van der Waals surface area contributed by atoms with Gasteiger partial charge in [0, 0.05) is 30.9 Å². The smallest absolute Gasteiger partial charge is 0.322 e. The summed E-state index contributed by atoms with van der Waals surface area (Å²) in [5.41, 5.74) is 2.09. The first-order valence-corrected chi connectivity index (χ1v) is 7.56. The SMILES string of the molecule is CN1C(=O)N(c2ccc(-c3ccccc3)cn2)CCC1(C)C. The molecule has 114 valence electrons. The number of carbonyl (C=O) groups is 1. The van der Waals surface area contributed by atoms with Gasteiger partial charge in [0.05, 0.1) is 0 Å². The van der Waals surface area contributed by atoms with Crippen LogP contribution < -0.4 is 4.90 Å². The van der Waals surface area contributed by atoms with Crippen molar-refractivity contribution in [1.29, 1.82) is 0 Å². The first-order chi connectivity index (χ1) is 10.5. The van der Waals surface area contributed by atoms with Crippen LogP contribution in [0.2, 0.25) is 0 Å². The number of nitrogens with zero attached hydrogens (tertiary/aromatic N) is 3. The molecule has 2 amide bonds. The van der Waals surface area contributed by atoms with Gasteiger partial charge in [0.25, 0.3) is 0 Å². The Bertz CT molecular complexity index is 664. The number of pyridine rings is 1. The Morgan fingerprint density at radius 3 is 2.41 bits per heavy atom. The first-order valence-electron chi connectivity index (χ1n) is 7.56. The molecule has 0 N–H and O–H groups in total. The predicted octanol–water partition coefficient (Wildman–Crippen LogP) is 3.79. The molecule has 0 aliphatic carbocycles. The van der Waals surface area contributed by atoms with E-state index in [9.17, 15) is 4.79 Å². The maximum atomic E-state index is 12.5. The van der Waals surface area contributed by atoms with E-state index in [-0.39, 0.29) is 11.6 Å². The van der Waals surface area contributed by atoms with E-state index in [2.05, 4.69) is 31.0 Å². The van der Waals surface area contributed by atoms with Gasteiger partial charge in [-0.25, -0.2) is 9.78 Å². The molecular formula is C18H21N3O. The fraction of sp³-hybridized carbons (Fsp3) is 0.333. The standard InChI is InChI=1S/C18H21N3O/c1-18(2)11-12-21(17(22)20(18)3)16-10-9-15(13-19-16)14-7-5-4-6-8-14/h4-10,13H,11-12H2,1-3H3. The van der Waals surface area contributed by atoms with Crippen LogP contribution in [0.4, 0.5) is 10.6 Å². The minimum atomic E-state index is -0.0996. The minimum Gasteiger partial charge on any atom is -0.322 e. The Hall–Kier alpha value is -2.36. The number of urea groups is 1. The minimum absolute atomic E-state index is 0.0104. The van der Waals surface area contributed by atoms with Crippen molar-refractivity contribution in [3.05, 3.63) is 48.7 Å². The summed E-state index contributed by atoms with van der Waals surface area (Å²) in [6.07, 6.45) is 2.76. The Kier molecular flexibility index (Phi) is 3.61. The van der Waals surface area contributed by atoms with E-state index in [0.29, 0.717) is 12.4 Å². The molecule has 4 heteroatoms. The van der Waals surface area contributed by atoms with Gasteiger partial charge in [-0.1, -0.05) is 30.3 Å². The summed E-state index contributed by atoms with van der Waals surface area (Å²) in [6.45, 7) is 4.89. The Morgan fingerprint density at radius 1 is 1.05 bits per heavy atom. The number of anilines is 1. The van der Waals surface area contributed by atoms with Crippen molar-refractivity contribution in [2.24, 2.45) is 0 Å². The third-order valence-corrected chi connectivity index (χ3v) is 4.50. The van der Waals surface area contributed by atoms with Gasteiger partial charge in [0.2, 0.25) is 0 Å². The predicted molar refractivity (Wildman–Crippen MR) is 88.9 cm³/mol. The summed E-state index contributed by atoms with van der Waals surface area (Å²) >= 11 is 0. The molecule has 0 atom stereocenters. The molecule has 0 saturated carbocycles. The van der Waals surface area contributed by atoms with E-state index in [1.54, 1.807) is 9.80 Å². The maximum absolute atomic E-state index is 12.5. The third kappa shape index (κ3) is 2.56. The van der Waals surface area contributed by atoms with Crippen molar-refractivity contribution >= 4 is 11.8 Å². The van der Waals surface area contributed by atoms with Crippen LogP contribution in [0.3, 0.4) is 0 Å². The zero-order chi connectivity index (χ0) is 15.7. The number of carbonyl (C=O) groups excluding carboxylic acids is 1. The van der Waals surface area contributed by atoms with Crippen molar-refractivity contribution in [2.75, 3.05) is 18.5 Å². The van der Waals surface area contributed by atoms with Crippen LogP contribution in [-0.4, -0.2) is 35.0 Å². The summed E-state index contributed by atoms with van der Waals surface area (Å²) < 4.78 is 0. The topological polar surface area (TPSA) is 36.4 Å². The van der Waals surface area contributed by atoms with Gasteiger partial charge >= 0.3 is 6.03 Å². The van der Waals surface area contributed by atoms with E-state index in [0.717, 1.165) is 17.5 Å². The van der Waals surface area contributed by atoms with Gasteiger partial charge in [-0.3, -0.25) is 4.90 Å². The zero-order valence-electron chi connectivity index (χ0n) is 13.3. The second-order valence-electron chi connectivity index (χ2n) is 6.33. The Labute approximate surface area is 131 Å². The highest BCUT2D eigenvalue weighted by Crippen LogP contribution is 2.28. The number of benzene rings is 1. The molecule has 2 heterocycles. The third-order valence-electron chi connectivity index (χ3n) is 4.50. The molecule has 0 bridgehead atoms. The fourth-order valence-corrected chi connectivity index (χ4v) is 2.65. The van der Waals surface area contributed by atoms with Crippen LogP contribution >= 0.6 is 0 Å². The molecule has 1 aliphatic rings. The number of hydrogen-bond donors (Lipinski definition) is 0. The monoisotopic (exact) mass is 295 g/mol. The molecule has 1 aromatic heterocycles. The molecule has 0 spiro atoms. The number of amides is 2. The molecule has 1 saturated heterocycles. The normalized spacial score (nSPS) is 17.7. The molecule has 1 aromatic carbocycles. The second-order valence-corrected chi connectivity index (χ2v) is 6.33. The molecule has 3 rings (SSSR count).